The van der Waals surface area contributed by atoms with Gasteiger partial charge in [0.2, 0.25) is 0 Å². The highest BCUT2D eigenvalue weighted by Gasteiger charge is 2.11. The molecule has 0 saturated carbocycles. The molecule has 0 atom stereocenters. The molecule has 0 aliphatic carbocycles. The lowest BCUT2D eigenvalue weighted by Gasteiger charge is -2.08. The molecule has 0 amide bonds. The highest BCUT2D eigenvalue weighted by molar-refractivity contribution is 6.09. The Bertz CT molecular complexity index is 905. The number of hydrogen-bond acceptors (Lipinski definition) is 3. The average Bonchev–Trinajstić information content (AvgIpc) is 2.65. The number of fused-ring (bicyclic) bond motifs is 1. The summed E-state index contributed by atoms with van der Waals surface area (Å²) in [6.45, 7) is 0. The lowest BCUT2D eigenvalue weighted by atomic mass is 10.0. The van der Waals surface area contributed by atoms with Crippen molar-refractivity contribution in [2.75, 3.05) is 14.2 Å². The Balaban J connectivity index is 1.95. The molecule has 0 saturated heterocycles. The lowest BCUT2D eigenvalue weighted by Crippen LogP contribution is -1.99. The van der Waals surface area contributed by atoms with Crippen LogP contribution >= 0.6 is 0 Å². The number of ketones is 1. The largest absolute Gasteiger partial charge is 0.497 e. The molecule has 0 radical (unpaired) electrons. The van der Waals surface area contributed by atoms with Crippen LogP contribution in [0, 0.1) is 0 Å². The molecular formula is C21H18O3. The standard InChI is InChI=1S/C21H18O3/c1-23-17-11-13-21(24-2)19(14-17)20(22)12-10-16-8-5-7-15-6-3-4-9-18(15)16/h3-14H,1-2H3/b12-10+. The van der Waals surface area contributed by atoms with E-state index in [0.717, 1.165) is 16.3 Å². The summed E-state index contributed by atoms with van der Waals surface area (Å²) in [6.07, 6.45) is 3.41. The molecule has 24 heavy (non-hydrogen) atoms. The molecule has 3 aromatic rings. The van der Waals surface area contributed by atoms with E-state index < -0.39 is 0 Å². The minimum atomic E-state index is -0.126. The van der Waals surface area contributed by atoms with E-state index >= 15 is 0 Å². The zero-order valence-corrected chi connectivity index (χ0v) is 13.7. The van der Waals surface area contributed by atoms with Crippen LogP contribution in [0.3, 0.4) is 0 Å². The van der Waals surface area contributed by atoms with Gasteiger partial charge in [-0.2, -0.15) is 0 Å². The van der Waals surface area contributed by atoms with Crippen LogP contribution in [0.25, 0.3) is 16.8 Å². The molecule has 3 heteroatoms. The first kappa shape index (κ1) is 15.8. The fourth-order valence-electron chi connectivity index (χ4n) is 2.66. The fraction of sp³-hybridized carbons (Fsp3) is 0.0952. The smallest absolute Gasteiger partial charge is 0.189 e. The molecule has 3 rings (SSSR count). The summed E-state index contributed by atoms with van der Waals surface area (Å²) in [5.41, 5.74) is 1.48. The molecule has 0 spiro atoms. The Morgan fingerprint density at radius 2 is 1.71 bits per heavy atom. The minimum Gasteiger partial charge on any atom is -0.497 e. The third-order valence-corrected chi connectivity index (χ3v) is 3.91. The molecule has 0 aliphatic rings. The highest BCUT2D eigenvalue weighted by atomic mass is 16.5. The van der Waals surface area contributed by atoms with Crippen molar-refractivity contribution in [1.82, 2.24) is 0 Å². The Morgan fingerprint density at radius 1 is 0.917 bits per heavy atom. The first-order chi connectivity index (χ1) is 11.7. The third-order valence-electron chi connectivity index (χ3n) is 3.91. The van der Waals surface area contributed by atoms with E-state index in [1.165, 1.54) is 0 Å². The van der Waals surface area contributed by atoms with Crippen molar-refractivity contribution < 1.29 is 14.3 Å². The van der Waals surface area contributed by atoms with Gasteiger partial charge in [-0.25, -0.2) is 0 Å². The second kappa shape index (κ2) is 7.01. The van der Waals surface area contributed by atoms with Crippen LogP contribution in [0.5, 0.6) is 11.5 Å². The predicted octanol–water partition coefficient (Wildman–Crippen LogP) is 4.75. The number of carbonyl (C=O) groups excluding carboxylic acids is 1. The molecular weight excluding hydrogens is 300 g/mol. The topological polar surface area (TPSA) is 35.5 Å². The van der Waals surface area contributed by atoms with Gasteiger partial charge < -0.3 is 9.47 Å². The molecule has 0 fully saturated rings. The van der Waals surface area contributed by atoms with Crippen LogP contribution in [0.2, 0.25) is 0 Å². The van der Waals surface area contributed by atoms with Gasteiger partial charge in [0.05, 0.1) is 19.8 Å². The zero-order chi connectivity index (χ0) is 16.9. The SMILES string of the molecule is COc1ccc(OC)c(C(=O)/C=C/c2cccc3ccccc23)c1. The molecule has 3 aromatic carbocycles. The number of ether oxygens (including phenoxy) is 2. The number of rotatable bonds is 5. The predicted molar refractivity (Wildman–Crippen MR) is 96.9 cm³/mol. The van der Waals surface area contributed by atoms with Crippen LogP contribution in [0.1, 0.15) is 15.9 Å². The highest BCUT2D eigenvalue weighted by Crippen LogP contribution is 2.25. The maximum atomic E-state index is 12.6. The van der Waals surface area contributed by atoms with Crippen LogP contribution in [-0.4, -0.2) is 20.0 Å². The summed E-state index contributed by atoms with van der Waals surface area (Å²) < 4.78 is 10.5. The Labute approximate surface area is 141 Å². The van der Waals surface area contributed by atoms with Crippen molar-refractivity contribution >= 4 is 22.6 Å². The van der Waals surface area contributed by atoms with Gasteiger partial charge in [-0.15, -0.1) is 0 Å². The van der Waals surface area contributed by atoms with E-state index in [1.54, 1.807) is 38.5 Å². The molecule has 0 N–H and O–H groups in total. The summed E-state index contributed by atoms with van der Waals surface area (Å²) in [5, 5.41) is 2.26. The Kier molecular flexibility index (Phi) is 4.62. The Morgan fingerprint density at radius 3 is 2.50 bits per heavy atom. The van der Waals surface area contributed by atoms with Crippen molar-refractivity contribution in [2.45, 2.75) is 0 Å². The summed E-state index contributed by atoms with van der Waals surface area (Å²) >= 11 is 0. The van der Waals surface area contributed by atoms with E-state index in [4.69, 9.17) is 9.47 Å². The van der Waals surface area contributed by atoms with Gasteiger partial charge in [0.15, 0.2) is 5.78 Å². The van der Waals surface area contributed by atoms with Gasteiger partial charge in [0, 0.05) is 0 Å². The van der Waals surface area contributed by atoms with E-state index in [-0.39, 0.29) is 5.78 Å². The van der Waals surface area contributed by atoms with Crippen molar-refractivity contribution in [3.63, 3.8) is 0 Å². The van der Waals surface area contributed by atoms with Gasteiger partial charge in [-0.1, -0.05) is 48.5 Å². The third kappa shape index (κ3) is 3.15. The van der Waals surface area contributed by atoms with Crippen molar-refractivity contribution in [3.8, 4) is 11.5 Å². The first-order valence-corrected chi connectivity index (χ1v) is 7.65. The number of methoxy groups -OCH3 is 2. The number of carbonyl (C=O) groups is 1. The molecule has 3 nitrogen and oxygen atoms in total. The maximum Gasteiger partial charge on any atom is 0.189 e. The molecule has 120 valence electrons. The van der Waals surface area contributed by atoms with E-state index in [9.17, 15) is 4.79 Å². The maximum absolute atomic E-state index is 12.6. The zero-order valence-electron chi connectivity index (χ0n) is 13.7. The summed E-state index contributed by atoms with van der Waals surface area (Å²) in [4.78, 5) is 12.6. The molecule has 0 aromatic heterocycles. The van der Waals surface area contributed by atoms with E-state index in [1.807, 2.05) is 36.4 Å². The van der Waals surface area contributed by atoms with E-state index in [2.05, 4.69) is 12.1 Å². The number of hydrogen-bond donors (Lipinski definition) is 0. The monoisotopic (exact) mass is 318 g/mol. The Hall–Kier alpha value is -3.07. The van der Waals surface area contributed by atoms with E-state index in [0.29, 0.717) is 17.1 Å². The number of benzene rings is 3. The number of allylic oxidation sites excluding steroid dienone is 1. The minimum absolute atomic E-state index is 0.126. The molecule has 0 aliphatic heterocycles. The van der Waals surface area contributed by atoms with Crippen LogP contribution in [0.4, 0.5) is 0 Å². The molecule has 0 bridgehead atoms. The quantitative estimate of drug-likeness (QED) is 0.503. The van der Waals surface area contributed by atoms with Crippen molar-refractivity contribution in [3.05, 3.63) is 77.9 Å². The summed E-state index contributed by atoms with van der Waals surface area (Å²) in [5.74, 6) is 1.03. The van der Waals surface area contributed by atoms with Gasteiger partial charge in [-0.3, -0.25) is 4.79 Å². The van der Waals surface area contributed by atoms with Gasteiger partial charge in [0.25, 0.3) is 0 Å². The normalized spacial score (nSPS) is 10.9. The van der Waals surface area contributed by atoms with Gasteiger partial charge in [-0.05, 0) is 40.6 Å². The molecule has 0 heterocycles. The fourth-order valence-corrected chi connectivity index (χ4v) is 2.66. The average molecular weight is 318 g/mol. The van der Waals surface area contributed by atoms with Gasteiger partial charge >= 0.3 is 0 Å². The second-order valence-corrected chi connectivity index (χ2v) is 5.33. The lowest BCUT2D eigenvalue weighted by molar-refractivity contribution is 0.104. The van der Waals surface area contributed by atoms with Gasteiger partial charge in [0.1, 0.15) is 11.5 Å². The summed E-state index contributed by atoms with van der Waals surface area (Å²) in [6, 6.07) is 19.3. The molecule has 0 unspecified atom stereocenters. The summed E-state index contributed by atoms with van der Waals surface area (Å²) in [7, 11) is 3.12. The van der Waals surface area contributed by atoms with Crippen LogP contribution < -0.4 is 9.47 Å². The van der Waals surface area contributed by atoms with Crippen LogP contribution in [0.15, 0.2) is 66.7 Å². The second-order valence-electron chi connectivity index (χ2n) is 5.33. The van der Waals surface area contributed by atoms with Crippen LogP contribution in [-0.2, 0) is 0 Å². The van der Waals surface area contributed by atoms with Crippen molar-refractivity contribution in [1.29, 1.82) is 0 Å². The first-order valence-electron chi connectivity index (χ1n) is 7.65. The van der Waals surface area contributed by atoms with Crippen molar-refractivity contribution in [2.24, 2.45) is 0 Å².